The minimum atomic E-state index is -0.681. The van der Waals surface area contributed by atoms with Crippen molar-refractivity contribution < 1.29 is 4.79 Å². The molecule has 0 radical (unpaired) electrons. The van der Waals surface area contributed by atoms with Crippen molar-refractivity contribution in [1.29, 1.82) is 0 Å². The second kappa shape index (κ2) is 6.55. The molecule has 0 aliphatic carbocycles. The second-order valence-corrected chi connectivity index (χ2v) is 8.03. The number of para-hydroxylation sites is 1. The van der Waals surface area contributed by atoms with Crippen LogP contribution in [0.1, 0.15) is 17.0 Å². The highest BCUT2D eigenvalue weighted by Gasteiger charge is 2.37. The number of rotatable bonds is 2. The summed E-state index contributed by atoms with van der Waals surface area (Å²) in [6.45, 7) is 0. The monoisotopic (exact) mass is 422 g/mol. The van der Waals surface area contributed by atoms with Crippen LogP contribution in [-0.4, -0.2) is 20.4 Å². The maximum atomic E-state index is 13.1. The van der Waals surface area contributed by atoms with Crippen molar-refractivity contribution in [1.82, 2.24) is 14.5 Å². The van der Waals surface area contributed by atoms with Crippen LogP contribution in [0.25, 0.3) is 33.1 Å². The quantitative estimate of drug-likeness (QED) is 0.406. The van der Waals surface area contributed by atoms with E-state index in [2.05, 4.69) is 15.3 Å². The molecule has 3 aromatic carbocycles. The highest BCUT2D eigenvalue weighted by Crippen LogP contribution is 2.43. The third-order valence-electron chi connectivity index (χ3n) is 6.23. The predicted molar refractivity (Wildman–Crippen MR) is 124 cm³/mol. The van der Waals surface area contributed by atoms with Gasteiger partial charge in [-0.2, -0.15) is 0 Å². The van der Waals surface area contributed by atoms with Crippen LogP contribution in [0.2, 0.25) is 0 Å². The molecule has 32 heavy (non-hydrogen) atoms. The number of amides is 1. The predicted octanol–water partition coefficient (Wildman–Crippen LogP) is 3.46. The van der Waals surface area contributed by atoms with Crippen LogP contribution in [-0.2, 0) is 11.8 Å². The van der Waals surface area contributed by atoms with Crippen molar-refractivity contribution in [2.75, 3.05) is 5.32 Å². The molecule has 1 unspecified atom stereocenters. The summed E-state index contributed by atoms with van der Waals surface area (Å²) in [5.74, 6) is -0.887. The molecule has 3 N–H and O–H groups in total. The Hall–Kier alpha value is -4.39. The van der Waals surface area contributed by atoms with Gasteiger partial charge in [0.25, 0.3) is 5.56 Å². The molecule has 0 saturated carbocycles. The highest BCUT2D eigenvalue weighted by atomic mass is 16.2. The molecule has 1 amide bonds. The van der Waals surface area contributed by atoms with Crippen molar-refractivity contribution in [3.05, 3.63) is 98.7 Å². The van der Waals surface area contributed by atoms with E-state index in [1.54, 1.807) is 7.05 Å². The zero-order chi connectivity index (χ0) is 22.0. The van der Waals surface area contributed by atoms with Gasteiger partial charge in [-0.3, -0.25) is 19.1 Å². The van der Waals surface area contributed by atoms with Crippen LogP contribution in [0.15, 0.2) is 76.3 Å². The van der Waals surface area contributed by atoms with Gasteiger partial charge in [0.05, 0.1) is 17.0 Å². The maximum Gasteiger partial charge on any atom is 0.329 e. The minimum Gasteiger partial charge on any atom is -0.340 e. The highest BCUT2D eigenvalue weighted by molar-refractivity contribution is 6.09. The average Bonchev–Trinajstić information content (AvgIpc) is 3.34. The fourth-order valence-electron chi connectivity index (χ4n) is 4.68. The van der Waals surface area contributed by atoms with E-state index in [-0.39, 0.29) is 5.91 Å². The van der Waals surface area contributed by atoms with Crippen LogP contribution in [0.3, 0.4) is 0 Å². The van der Waals surface area contributed by atoms with Gasteiger partial charge in [0.15, 0.2) is 0 Å². The summed E-state index contributed by atoms with van der Waals surface area (Å²) in [4.78, 5) is 44.1. The van der Waals surface area contributed by atoms with Crippen molar-refractivity contribution in [3.8, 4) is 11.3 Å². The van der Waals surface area contributed by atoms with Crippen molar-refractivity contribution >= 4 is 33.4 Å². The summed E-state index contributed by atoms with van der Waals surface area (Å²) in [7, 11) is 1.59. The molecule has 7 heteroatoms. The lowest BCUT2D eigenvalue weighted by Crippen LogP contribution is -2.28. The van der Waals surface area contributed by atoms with Gasteiger partial charge in [0.1, 0.15) is 5.65 Å². The molecule has 0 fully saturated rings. The number of fused-ring (bicyclic) bond motifs is 3. The van der Waals surface area contributed by atoms with E-state index in [9.17, 15) is 14.4 Å². The summed E-state index contributed by atoms with van der Waals surface area (Å²) in [6.07, 6.45) is 0. The van der Waals surface area contributed by atoms with Crippen LogP contribution in [0, 0.1) is 0 Å². The van der Waals surface area contributed by atoms with E-state index in [1.807, 2.05) is 66.7 Å². The summed E-state index contributed by atoms with van der Waals surface area (Å²) < 4.78 is 1.36. The molecule has 6 rings (SSSR count). The molecule has 0 saturated heterocycles. The SMILES string of the molecule is Cn1c(=O)[nH]c(=O)c2c(C3C(=O)Nc4ccccc43)c(-c3ccc4ccccc4c3)[nH]c21. The Balaban J connectivity index is 1.73. The lowest BCUT2D eigenvalue weighted by atomic mass is 9.88. The number of hydrogen-bond donors (Lipinski definition) is 3. The number of aromatic nitrogens is 3. The van der Waals surface area contributed by atoms with Gasteiger partial charge in [-0.15, -0.1) is 0 Å². The first kappa shape index (κ1) is 18.4. The average molecular weight is 422 g/mol. The number of benzene rings is 3. The number of carbonyl (C=O) groups excluding carboxylic acids is 1. The molecule has 156 valence electrons. The Kier molecular flexibility index (Phi) is 3.76. The van der Waals surface area contributed by atoms with Crippen LogP contribution in [0.5, 0.6) is 0 Å². The number of carbonyl (C=O) groups is 1. The Morgan fingerprint density at radius 1 is 0.844 bits per heavy atom. The molecule has 1 aliphatic rings. The smallest absolute Gasteiger partial charge is 0.329 e. The van der Waals surface area contributed by atoms with E-state index in [4.69, 9.17) is 0 Å². The molecular weight excluding hydrogens is 404 g/mol. The van der Waals surface area contributed by atoms with E-state index in [0.717, 1.165) is 27.6 Å². The summed E-state index contributed by atoms with van der Waals surface area (Å²) in [6, 6.07) is 21.4. The first-order chi connectivity index (χ1) is 15.5. The molecular formula is C25H18N4O3. The molecule has 0 bridgehead atoms. The fraction of sp³-hybridized carbons (Fsp3) is 0.0800. The van der Waals surface area contributed by atoms with E-state index in [0.29, 0.717) is 22.3 Å². The van der Waals surface area contributed by atoms with Crippen LogP contribution in [0.4, 0.5) is 5.69 Å². The van der Waals surface area contributed by atoms with Gasteiger partial charge in [0.2, 0.25) is 5.91 Å². The number of anilines is 1. The Bertz CT molecular complexity index is 1690. The Morgan fingerprint density at radius 3 is 2.44 bits per heavy atom. The van der Waals surface area contributed by atoms with Crippen LogP contribution >= 0.6 is 0 Å². The summed E-state index contributed by atoms with van der Waals surface area (Å²) in [5, 5.41) is 5.35. The van der Waals surface area contributed by atoms with Crippen molar-refractivity contribution in [2.24, 2.45) is 7.05 Å². The van der Waals surface area contributed by atoms with Gasteiger partial charge in [0, 0.05) is 18.3 Å². The first-order valence-electron chi connectivity index (χ1n) is 10.3. The van der Waals surface area contributed by atoms with Crippen molar-refractivity contribution in [2.45, 2.75) is 5.92 Å². The van der Waals surface area contributed by atoms with E-state index in [1.165, 1.54) is 4.57 Å². The number of aromatic amines is 2. The molecule has 3 heterocycles. The third kappa shape index (κ3) is 2.51. The zero-order valence-corrected chi connectivity index (χ0v) is 17.1. The lowest BCUT2D eigenvalue weighted by Gasteiger charge is -2.12. The van der Waals surface area contributed by atoms with Crippen molar-refractivity contribution in [3.63, 3.8) is 0 Å². The topological polar surface area (TPSA) is 99.8 Å². The standard InChI is InChI=1S/C25H18N4O3/c1-29-22-20(24(31)28-25(29)32)19(18-16-8-4-5-9-17(16)26-23(18)30)21(27-22)15-11-10-13-6-2-3-7-14(13)12-15/h2-12,18,27H,1H3,(H,26,30)(H,28,31,32). The minimum absolute atomic E-state index is 0.206. The molecule has 2 aromatic heterocycles. The van der Waals surface area contributed by atoms with Gasteiger partial charge in [-0.1, -0.05) is 54.6 Å². The Morgan fingerprint density at radius 2 is 1.59 bits per heavy atom. The molecule has 5 aromatic rings. The van der Waals surface area contributed by atoms with Gasteiger partial charge in [-0.25, -0.2) is 4.79 Å². The molecule has 7 nitrogen and oxygen atoms in total. The third-order valence-corrected chi connectivity index (χ3v) is 6.23. The number of nitrogens with zero attached hydrogens (tertiary/aromatic N) is 1. The van der Waals surface area contributed by atoms with E-state index >= 15 is 0 Å². The fourth-order valence-corrected chi connectivity index (χ4v) is 4.68. The zero-order valence-electron chi connectivity index (χ0n) is 17.1. The van der Waals surface area contributed by atoms with Gasteiger partial charge < -0.3 is 10.3 Å². The second-order valence-electron chi connectivity index (χ2n) is 8.03. The van der Waals surface area contributed by atoms with Gasteiger partial charge >= 0.3 is 5.69 Å². The number of H-pyrrole nitrogens is 2. The first-order valence-corrected chi connectivity index (χ1v) is 10.3. The number of hydrogen-bond acceptors (Lipinski definition) is 3. The number of aryl methyl sites for hydroxylation is 1. The number of nitrogens with one attached hydrogen (secondary N) is 3. The maximum absolute atomic E-state index is 13.1. The molecule has 1 atom stereocenters. The normalized spacial score (nSPS) is 15.3. The van der Waals surface area contributed by atoms with E-state index < -0.39 is 17.2 Å². The largest absolute Gasteiger partial charge is 0.340 e. The summed E-state index contributed by atoms with van der Waals surface area (Å²) in [5.41, 5.74) is 2.92. The van der Waals surface area contributed by atoms with Crippen LogP contribution < -0.4 is 16.6 Å². The summed E-state index contributed by atoms with van der Waals surface area (Å²) >= 11 is 0. The Labute approximate surface area is 181 Å². The van der Waals surface area contributed by atoms with Gasteiger partial charge in [-0.05, 0) is 34.0 Å². The molecule has 1 aliphatic heterocycles. The lowest BCUT2D eigenvalue weighted by molar-refractivity contribution is -0.116. The molecule has 0 spiro atoms.